The molecule has 0 aliphatic rings. The number of carbonyl (C=O) groups is 1. The van der Waals surface area contributed by atoms with Crippen LogP contribution in [0.2, 0.25) is 0 Å². The Morgan fingerprint density at radius 3 is 2.74 bits per heavy atom. The Morgan fingerprint density at radius 1 is 1.30 bits per heavy atom. The van der Waals surface area contributed by atoms with Gasteiger partial charge in [0, 0.05) is 11.4 Å². The minimum Gasteiger partial charge on any atom is -0.462 e. The molecule has 23 heavy (non-hydrogen) atoms. The van der Waals surface area contributed by atoms with Crippen molar-refractivity contribution in [3.05, 3.63) is 41.0 Å². The molecular formula is C16H16N4O2S. The van der Waals surface area contributed by atoms with Gasteiger partial charge in [-0.1, -0.05) is 0 Å². The van der Waals surface area contributed by atoms with Crippen molar-refractivity contribution in [1.82, 2.24) is 9.97 Å². The molecule has 0 saturated carbocycles. The monoisotopic (exact) mass is 328 g/mol. The molecule has 0 atom stereocenters. The minimum atomic E-state index is -0.327. The summed E-state index contributed by atoms with van der Waals surface area (Å²) in [7, 11) is 0. The van der Waals surface area contributed by atoms with E-state index < -0.39 is 0 Å². The number of nitrogens with two attached hydrogens (primary N) is 1. The van der Waals surface area contributed by atoms with Gasteiger partial charge < -0.3 is 15.8 Å². The maximum absolute atomic E-state index is 12.0. The van der Waals surface area contributed by atoms with Crippen LogP contribution in [0.25, 0.3) is 10.2 Å². The highest BCUT2D eigenvalue weighted by Gasteiger charge is 2.20. The molecule has 0 fully saturated rings. The Balaban J connectivity index is 2.04. The lowest BCUT2D eigenvalue weighted by molar-refractivity contribution is 0.0531. The molecule has 6 nitrogen and oxygen atoms in total. The number of fused-ring (bicyclic) bond motifs is 1. The number of aromatic nitrogens is 2. The van der Waals surface area contributed by atoms with Crippen LogP contribution in [0.15, 0.2) is 30.6 Å². The zero-order valence-electron chi connectivity index (χ0n) is 12.8. The lowest BCUT2D eigenvalue weighted by Crippen LogP contribution is -2.03. The van der Waals surface area contributed by atoms with Gasteiger partial charge in [-0.15, -0.1) is 11.3 Å². The number of anilines is 3. The number of carbonyl (C=O) groups excluding carboxylic acids is 1. The normalized spacial score (nSPS) is 10.7. The lowest BCUT2D eigenvalue weighted by atomic mass is 10.2. The maximum atomic E-state index is 12.0. The van der Waals surface area contributed by atoms with Gasteiger partial charge in [0.1, 0.15) is 21.9 Å². The number of benzene rings is 1. The first-order valence-electron chi connectivity index (χ1n) is 7.14. The van der Waals surface area contributed by atoms with Crippen LogP contribution in [0.1, 0.15) is 22.2 Å². The van der Waals surface area contributed by atoms with Gasteiger partial charge in [0.25, 0.3) is 0 Å². The zero-order valence-corrected chi connectivity index (χ0v) is 13.6. The Bertz CT molecular complexity index is 858. The number of ether oxygens (including phenoxy) is 1. The number of nitrogens with one attached hydrogen (secondary N) is 1. The molecule has 0 aliphatic carbocycles. The van der Waals surface area contributed by atoms with E-state index in [-0.39, 0.29) is 5.97 Å². The molecule has 3 N–H and O–H groups in total. The van der Waals surface area contributed by atoms with E-state index in [1.165, 1.54) is 17.7 Å². The summed E-state index contributed by atoms with van der Waals surface area (Å²) in [6.45, 7) is 4.01. The molecule has 0 amide bonds. The fourth-order valence-corrected chi connectivity index (χ4v) is 3.30. The molecule has 118 valence electrons. The van der Waals surface area contributed by atoms with E-state index in [4.69, 9.17) is 10.5 Å². The number of nitrogens with zero attached hydrogens (tertiary/aromatic N) is 2. The van der Waals surface area contributed by atoms with Crippen molar-refractivity contribution in [1.29, 1.82) is 0 Å². The van der Waals surface area contributed by atoms with Crippen molar-refractivity contribution in [2.45, 2.75) is 13.8 Å². The van der Waals surface area contributed by atoms with Gasteiger partial charge in [0.15, 0.2) is 0 Å². The predicted molar refractivity (Wildman–Crippen MR) is 92.2 cm³/mol. The van der Waals surface area contributed by atoms with E-state index in [0.29, 0.717) is 23.0 Å². The van der Waals surface area contributed by atoms with Gasteiger partial charge >= 0.3 is 5.97 Å². The molecule has 0 spiro atoms. The van der Waals surface area contributed by atoms with Crippen LogP contribution in [0.4, 0.5) is 17.2 Å². The summed E-state index contributed by atoms with van der Waals surface area (Å²) < 4.78 is 5.10. The van der Waals surface area contributed by atoms with E-state index in [9.17, 15) is 4.79 Å². The molecule has 2 aromatic heterocycles. The third-order valence-corrected chi connectivity index (χ3v) is 4.54. The fraction of sp³-hybridized carbons (Fsp3) is 0.188. The van der Waals surface area contributed by atoms with Crippen molar-refractivity contribution >= 4 is 44.7 Å². The van der Waals surface area contributed by atoms with E-state index in [1.54, 1.807) is 6.92 Å². The summed E-state index contributed by atoms with van der Waals surface area (Å²) in [5.41, 5.74) is 8.08. The number of nitrogen functional groups attached to an aromatic ring is 1. The van der Waals surface area contributed by atoms with Crippen molar-refractivity contribution < 1.29 is 9.53 Å². The third kappa shape index (κ3) is 2.95. The summed E-state index contributed by atoms with van der Waals surface area (Å²) in [5, 5.41) is 4.08. The number of aryl methyl sites for hydroxylation is 1. The Hall–Kier alpha value is -2.67. The van der Waals surface area contributed by atoms with Crippen LogP contribution >= 0.6 is 11.3 Å². The summed E-state index contributed by atoms with van der Waals surface area (Å²) in [6, 6.07) is 7.37. The standard InChI is InChI=1S/C16H16N4O2S/c1-3-22-16(21)13-9(2)12-14(18-8-19-15(12)23-13)20-11-6-4-10(17)5-7-11/h4-8H,3,17H2,1-2H3,(H,18,19,20). The largest absolute Gasteiger partial charge is 0.462 e. The maximum Gasteiger partial charge on any atom is 0.348 e. The second kappa shape index (κ2) is 6.21. The Morgan fingerprint density at radius 2 is 2.04 bits per heavy atom. The molecule has 1 aromatic carbocycles. The fourth-order valence-electron chi connectivity index (χ4n) is 2.26. The molecule has 3 aromatic rings. The molecule has 0 unspecified atom stereocenters. The minimum absolute atomic E-state index is 0.327. The second-order valence-electron chi connectivity index (χ2n) is 4.93. The summed E-state index contributed by atoms with van der Waals surface area (Å²) in [6.07, 6.45) is 1.48. The SMILES string of the molecule is CCOC(=O)c1sc2ncnc(Nc3ccc(N)cc3)c2c1C. The molecule has 0 radical (unpaired) electrons. The number of hydrogen-bond acceptors (Lipinski definition) is 7. The molecule has 0 bridgehead atoms. The number of hydrogen-bond donors (Lipinski definition) is 2. The van der Waals surface area contributed by atoms with Crippen molar-refractivity contribution in [2.24, 2.45) is 0 Å². The summed E-state index contributed by atoms with van der Waals surface area (Å²) in [5.74, 6) is 0.329. The highest BCUT2D eigenvalue weighted by atomic mass is 32.1. The highest BCUT2D eigenvalue weighted by molar-refractivity contribution is 7.20. The second-order valence-corrected chi connectivity index (χ2v) is 5.93. The van der Waals surface area contributed by atoms with Crippen LogP contribution in [0.3, 0.4) is 0 Å². The van der Waals surface area contributed by atoms with Crippen molar-refractivity contribution in [3.63, 3.8) is 0 Å². The topological polar surface area (TPSA) is 90.1 Å². The summed E-state index contributed by atoms with van der Waals surface area (Å²) in [4.78, 5) is 21.9. The average Bonchev–Trinajstić information content (AvgIpc) is 2.88. The molecule has 7 heteroatoms. The van der Waals surface area contributed by atoms with Crippen LogP contribution in [0, 0.1) is 6.92 Å². The smallest absolute Gasteiger partial charge is 0.348 e. The van der Waals surface area contributed by atoms with Crippen LogP contribution in [-0.2, 0) is 4.74 Å². The summed E-state index contributed by atoms with van der Waals surface area (Å²) >= 11 is 1.31. The quantitative estimate of drug-likeness (QED) is 0.563. The van der Waals surface area contributed by atoms with Gasteiger partial charge in [0.2, 0.25) is 0 Å². The first-order chi connectivity index (χ1) is 11.1. The zero-order chi connectivity index (χ0) is 16.4. The van der Waals surface area contributed by atoms with Crippen molar-refractivity contribution in [2.75, 3.05) is 17.7 Å². The van der Waals surface area contributed by atoms with Gasteiger partial charge in [-0.2, -0.15) is 0 Å². The molecule has 0 saturated heterocycles. The van der Waals surface area contributed by atoms with Gasteiger partial charge in [-0.25, -0.2) is 14.8 Å². The Labute approximate surface area is 137 Å². The van der Waals surface area contributed by atoms with Crippen LogP contribution in [-0.4, -0.2) is 22.5 Å². The first kappa shape index (κ1) is 15.2. The van der Waals surface area contributed by atoms with Crippen LogP contribution < -0.4 is 11.1 Å². The van der Waals surface area contributed by atoms with Crippen LogP contribution in [0.5, 0.6) is 0 Å². The van der Waals surface area contributed by atoms with Crippen molar-refractivity contribution in [3.8, 4) is 0 Å². The number of esters is 1. The molecule has 3 rings (SSSR count). The average molecular weight is 328 g/mol. The molecular weight excluding hydrogens is 312 g/mol. The van der Waals surface area contributed by atoms with Gasteiger partial charge in [-0.3, -0.25) is 0 Å². The van der Waals surface area contributed by atoms with Gasteiger partial charge in [-0.05, 0) is 43.7 Å². The third-order valence-electron chi connectivity index (χ3n) is 3.36. The predicted octanol–water partition coefficient (Wildman–Crippen LogP) is 3.50. The van der Waals surface area contributed by atoms with E-state index in [0.717, 1.165) is 21.5 Å². The number of rotatable bonds is 4. The highest BCUT2D eigenvalue weighted by Crippen LogP contribution is 2.34. The van der Waals surface area contributed by atoms with E-state index in [2.05, 4.69) is 15.3 Å². The molecule has 0 aliphatic heterocycles. The van der Waals surface area contributed by atoms with Gasteiger partial charge in [0.05, 0.1) is 12.0 Å². The van der Waals surface area contributed by atoms with E-state index in [1.807, 2.05) is 31.2 Å². The first-order valence-corrected chi connectivity index (χ1v) is 7.95. The lowest BCUT2D eigenvalue weighted by Gasteiger charge is -2.07. The molecule has 2 heterocycles. The van der Waals surface area contributed by atoms with E-state index >= 15 is 0 Å². The number of thiophene rings is 1. The Kier molecular flexibility index (Phi) is 4.12.